The monoisotopic (exact) mass is 446 g/mol. The molecule has 1 aliphatic heterocycles. The highest BCUT2D eigenvalue weighted by Crippen LogP contribution is 2.29. The van der Waals surface area contributed by atoms with E-state index in [0.717, 1.165) is 31.2 Å². The molecule has 0 saturated carbocycles. The highest BCUT2D eigenvalue weighted by molar-refractivity contribution is 7.89. The van der Waals surface area contributed by atoms with Crippen LogP contribution in [0, 0.1) is 0 Å². The van der Waals surface area contributed by atoms with Crippen molar-refractivity contribution < 1.29 is 22.7 Å². The van der Waals surface area contributed by atoms with E-state index in [4.69, 9.17) is 9.47 Å². The summed E-state index contributed by atoms with van der Waals surface area (Å²) in [7, 11) is -0.484. The molecule has 2 aromatic carbocycles. The minimum atomic E-state index is -3.62. The number of amides is 1. The van der Waals surface area contributed by atoms with Crippen molar-refractivity contribution in [2.45, 2.75) is 43.5 Å². The molecule has 8 heteroatoms. The third-order valence-electron chi connectivity index (χ3n) is 5.55. The first-order chi connectivity index (χ1) is 14.9. The zero-order valence-electron chi connectivity index (χ0n) is 18.3. The molecule has 2 aromatic rings. The van der Waals surface area contributed by atoms with Gasteiger partial charge in [0.05, 0.1) is 25.2 Å². The van der Waals surface area contributed by atoms with Gasteiger partial charge in [0, 0.05) is 24.2 Å². The molecule has 3 rings (SSSR count). The van der Waals surface area contributed by atoms with Gasteiger partial charge in [0.15, 0.2) is 0 Å². The SMILES string of the molecule is COc1ccc(OC)c([C@@H](C)NC(=O)c2cccc(S(=O)(=O)N3CCCCCC3)c2)c1. The Hall–Kier alpha value is -2.58. The van der Waals surface area contributed by atoms with Gasteiger partial charge in [-0.25, -0.2) is 8.42 Å². The number of ether oxygens (including phenoxy) is 2. The van der Waals surface area contributed by atoms with Crippen LogP contribution >= 0.6 is 0 Å². The minimum Gasteiger partial charge on any atom is -0.497 e. The molecule has 1 atom stereocenters. The zero-order valence-corrected chi connectivity index (χ0v) is 19.1. The van der Waals surface area contributed by atoms with E-state index in [1.54, 1.807) is 44.6 Å². The average Bonchev–Trinajstić information content (AvgIpc) is 3.09. The molecule has 0 unspecified atom stereocenters. The van der Waals surface area contributed by atoms with Crippen LogP contribution in [0.15, 0.2) is 47.4 Å². The summed E-state index contributed by atoms with van der Waals surface area (Å²) in [6, 6.07) is 11.2. The van der Waals surface area contributed by atoms with Crippen molar-refractivity contribution in [2.75, 3.05) is 27.3 Å². The largest absolute Gasteiger partial charge is 0.497 e. The Bertz CT molecular complexity index is 1010. The Morgan fingerprint density at radius 3 is 2.35 bits per heavy atom. The Kier molecular flexibility index (Phi) is 7.56. The van der Waals surface area contributed by atoms with Crippen LogP contribution in [0.5, 0.6) is 11.5 Å². The molecule has 0 aliphatic carbocycles. The molecular formula is C23H30N2O5S. The predicted molar refractivity (Wildman–Crippen MR) is 119 cm³/mol. The number of benzene rings is 2. The zero-order chi connectivity index (χ0) is 22.4. The van der Waals surface area contributed by atoms with E-state index >= 15 is 0 Å². The number of hydrogen-bond acceptors (Lipinski definition) is 5. The summed E-state index contributed by atoms with van der Waals surface area (Å²) < 4.78 is 38.4. The molecule has 1 amide bonds. The van der Waals surface area contributed by atoms with Gasteiger partial charge in [-0.2, -0.15) is 4.31 Å². The number of nitrogens with one attached hydrogen (secondary N) is 1. The highest BCUT2D eigenvalue weighted by Gasteiger charge is 2.26. The maximum absolute atomic E-state index is 13.1. The van der Waals surface area contributed by atoms with Crippen LogP contribution in [-0.2, 0) is 10.0 Å². The van der Waals surface area contributed by atoms with Crippen molar-refractivity contribution in [1.82, 2.24) is 9.62 Å². The molecule has 1 N–H and O–H groups in total. The lowest BCUT2D eigenvalue weighted by molar-refractivity contribution is 0.0939. The second kappa shape index (κ2) is 10.2. The van der Waals surface area contributed by atoms with E-state index in [1.807, 2.05) is 13.0 Å². The van der Waals surface area contributed by atoms with Crippen LogP contribution in [0.2, 0.25) is 0 Å². The first-order valence-electron chi connectivity index (χ1n) is 10.5. The van der Waals surface area contributed by atoms with Gasteiger partial charge in [-0.1, -0.05) is 18.9 Å². The molecule has 168 valence electrons. The Balaban J connectivity index is 1.80. The molecule has 1 fully saturated rings. The summed E-state index contributed by atoms with van der Waals surface area (Å²) in [4.78, 5) is 13.0. The molecule has 0 radical (unpaired) electrons. The maximum atomic E-state index is 13.1. The fourth-order valence-corrected chi connectivity index (χ4v) is 5.33. The third kappa shape index (κ3) is 5.37. The number of methoxy groups -OCH3 is 2. The molecule has 1 heterocycles. The van der Waals surface area contributed by atoms with Crippen molar-refractivity contribution in [3.8, 4) is 11.5 Å². The van der Waals surface area contributed by atoms with Crippen molar-refractivity contribution in [1.29, 1.82) is 0 Å². The van der Waals surface area contributed by atoms with Crippen molar-refractivity contribution in [2.24, 2.45) is 0 Å². The van der Waals surface area contributed by atoms with Gasteiger partial charge in [-0.3, -0.25) is 4.79 Å². The van der Waals surface area contributed by atoms with Crippen LogP contribution in [0.4, 0.5) is 0 Å². The minimum absolute atomic E-state index is 0.147. The van der Waals surface area contributed by atoms with Gasteiger partial charge in [-0.15, -0.1) is 0 Å². The van der Waals surface area contributed by atoms with Crippen molar-refractivity contribution in [3.63, 3.8) is 0 Å². The molecular weight excluding hydrogens is 416 g/mol. The van der Waals surface area contributed by atoms with Crippen LogP contribution < -0.4 is 14.8 Å². The predicted octanol–water partition coefficient (Wildman–Crippen LogP) is 3.76. The molecule has 0 spiro atoms. The van der Waals surface area contributed by atoms with Crippen LogP contribution in [0.1, 0.15) is 54.6 Å². The molecule has 0 bridgehead atoms. The fraction of sp³-hybridized carbons (Fsp3) is 0.435. The summed E-state index contributed by atoms with van der Waals surface area (Å²) in [6.45, 7) is 2.88. The van der Waals surface area contributed by atoms with Crippen molar-refractivity contribution >= 4 is 15.9 Å². The number of nitrogens with zero attached hydrogens (tertiary/aromatic N) is 1. The first kappa shape index (κ1) is 23.1. The second-order valence-electron chi connectivity index (χ2n) is 7.65. The van der Waals surface area contributed by atoms with E-state index in [-0.39, 0.29) is 16.8 Å². The fourth-order valence-electron chi connectivity index (χ4n) is 3.76. The lowest BCUT2D eigenvalue weighted by atomic mass is 10.1. The summed E-state index contributed by atoms with van der Waals surface area (Å²) in [5.74, 6) is 0.929. The Labute approximate surface area is 184 Å². The van der Waals surface area contributed by atoms with Crippen LogP contribution in [0.25, 0.3) is 0 Å². The van der Waals surface area contributed by atoms with Crippen molar-refractivity contribution in [3.05, 3.63) is 53.6 Å². The smallest absolute Gasteiger partial charge is 0.251 e. The summed E-state index contributed by atoms with van der Waals surface area (Å²) in [6.07, 6.45) is 3.80. The van der Waals surface area contributed by atoms with E-state index in [0.29, 0.717) is 30.2 Å². The topological polar surface area (TPSA) is 84.9 Å². The molecule has 7 nitrogen and oxygen atoms in total. The third-order valence-corrected chi connectivity index (χ3v) is 7.44. The number of carbonyl (C=O) groups is 1. The summed E-state index contributed by atoms with van der Waals surface area (Å²) in [5, 5.41) is 2.92. The maximum Gasteiger partial charge on any atom is 0.251 e. The van der Waals surface area contributed by atoms with E-state index in [1.165, 1.54) is 10.4 Å². The molecule has 1 aliphatic rings. The highest BCUT2D eigenvalue weighted by atomic mass is 32.2. The van der Waals surface area contributed by atoms with Gasteiger partial charge in [0.1, 0.15) is 11.5 Å². The number of hydrogen-bond donors (Lipinski definition) is 1. The van der Waals surface area contributed by atoms with Gasteiger partial charge in [-0.05, 0) is 56.2 Å². The van der Waals surface area contributed by atoms with Gasteiger partial charge in [0.25, 0.3) is 5.91 Å². The number of sulfonamides is 1. The van der Waals surface area contributed by atoms with E-state index < -0.39 is 10.0 Å². The molecule has 1 saturated heterocycles. The standard InChI is InChI=1S/C23H30N2O5S/c1-17(21-16-19(29-2)11-12-22(21)30-3)24-23(26)18-9-8-10-20(15-18)31(27,28)25-13-6-4-5-7-14-25/h8-12,15-17H,4-7,13-14H2,1-3H3,(H,24,26)/t17-/m1/s1. The normalized spacial score (nSPS) is 16.2. The van der Waals surface area contributed by atoms with Gasteiger partial charge < -0.3 is 14.8 Å². The Morgan fingerprint density at radius 1 is 1.00 bits per heavy atom. The molecule has 31 heavy (non-hydrogen) atoms. The first-order valence-corrected chi connectivity index (χ1v) is 11.9. The van der Waals surface area contributed by atoms with Crippen LogP contribution in [-0.4, -0.2) is 45.9 Å². The van der Waals surface area contributed by atoms with Gasteiger partial charge in [0.2, 0.25) is 10.0 Å². The quantitative estimate of drug-likeness (QED) is 0.700. The summed E-state index contributed by atoms with van der Waals surface area (Å²) >= 11 is 0. The second-order valence-corrected chi connectivity index (χ2v) is 9.59. The lowest BCUT2D eigenvalue weighted by Crippen LogP contribution is -2.32. The average molecular weight is 447 g/mol. The lowest BCUT2D eigenvalue weighted by Gasteiger charge is -2.21. The summed E-state index contributed by atoms with van der Waals surface area (Å²) in [5.41, 5.74) is 1.06. The number of rotatable bonds is 7. The van der Waals surface area contributed by atoms with Gasteiger partial charge >= 0.3 is 0 Å². The number of carbonyl (C=O) groups excluding carboxylic acids is 1. The Morgan fingerprint density at radius 2 is 1.71 bits per heavy atom. The van der Waals surface area contributed by atoms with E-state index in [9.17, 15) is 13.2 Å². The molecule has 0 aromatic heterocycles. The van der Waals surface area contributed by atoms with E-state index in [2.05, 4.69) is 5.32 Å². The van der Waals surface area contributed by atoms with Crippen LogP contribution in [0.3, 0.4) is 0 Å².